The van der Waals surface area contributed by atoms with E-state index in [1.807, 2.05) is 6.92 Å². The van der Waals surface area contributed by atoms with Crippen LogP contribution < -0.4 is 11.1 Å². The number of amides is 2. The Hall–Kier alpha value is -6.74. The molecule has 2 aromatic carbocycles. The molecule has 10 atom stereocenters. The van der Waals surface area contributed by atoms with Crippen molar-refractivity contribution in [2.75, 3.05) is 26.4 Å². The third-order valence-corrected chi connectivity index (χ3v) is 20.9. The number of nitrogens with zero attached hydrogens (tertiary/aromatic N) is 8. The number of hydrogen-bond acceptors (Lipinski definition) is 13. The average Bonchev–Trinajstić information content (AvgIpc) is 1.54. The standard InChI is InChI=1S/C32H38F2N4O5SSi.C26H24F3N5OS.C5H10FN.ClH/c1-30(2,3)43-29(41)38(19-42-13-14-45(6,7)8)28-37-31(4,26-17-32(26,44-28)27(39)40)22-15-20(9-11-23(22)33)16-24(34)25-12-10-21(35-5)18-36-25;1-14-18(27)8-9-34(14)23(35)26-12-22(26)25(2,33-24(30)36-26)17-10-15(4-6-19(17)28)11-20(29)21-7-5-16(31-3)13-32-21;1-4-5(6)2-3-7-4;/h9-12,15-16,18,26H,13-14,17,19H2,1-4,6-8H3,(H,39,40);4-7,10-11,13-14,18,22H,8-9,12H2,1-2H3,(H2,30,33);4-5,7H,2-3H2,1H3;1H/b24-16-;20-11-;;/t26-,31+,32-;14-,18-,22+,25-,26+;4-,5-;/m011./s1. The second kappa shape index (κ2) is 27.4. The molecule has 0 spiro atoms. The van der Waals surface area contributed by atoms with E-state index in [0.717, 1.165) is 24.4 Å². The smallest absolute Gasteiger partial charge is 0.418 e. The van der Waals surface area contributed by atoms with Gasteiger partial charge in [0.2, 0.25) is 17.3 Å². The first-order valence-electron chi connectivity index (χ1n) is 28.8. The number of fused-ring (bicyclic) bond motifs is 2. The molecule has 0 unspecified atom stereocenters. The van der Waals surface area contributed by atoms with Crippen molar-refractivity contribution in [3.63, 3.8) is 0 Å². The van der Waals surface area contributed by atoms with Crippen LogP contribution in [0.3, 0.4) is 0 Å². The summed E-state index contributed by atoms with van der Waals surface area (Å²) < 4.78 is 96.5. The van der Waals surface area contributed by atoms with Crippen molar-refractivity contribution in [1.82, 2.24) is 25.1 Å². The minimum Gasteiger partial charge on any atom is -0.480 e. The van der Waals surface area contributed by atoms with Gasteiger partial charge in [-0.05, 0) is 146 Å². The fourth-order valence-electron chi connectivity index (χ4n) is 11.1. The number of carbonyl (C=O) groups excluding carboxylic acids is 2. The van der Waals surface area contributed by atoms with E-state index in [4.69, 9.17) is 33.3 Å². The first-order valence-corrected chi connectivity index (χ1v) is 34.1. The lowest BCUT2D eigenvalue weighted by Crippen LogP contribution is -2.48. The van der Waals surface area contributed by atoms with E-state index in [9.17, 15) is 32.7 Å². The van der Waals surface area contributed by atoms with E-state index in [1.54, 1.807) is 46.4 Å². The molecule has 6 aliphatic rings. The number of carboxylic acid groups (broad SMARTS) is 1. The number of pyridine rings is 2. The largest absolute Gasteiger partial charge is 0.480 e. The number of halogens is 7. The minimum atomic E-state index is -1.44. The van der Waals surface area contributed by atoms with Gasteiger partial charge < -0.3 is 30.5 Å². The maximum atomic E-state index is 15.6. The Kier molecular flexibility index (Phi) is 21.5. The van der Waals surface area contributed by atoms with Gasteiger partial charge in [0.1, 0.15) is 57.5 Å². The van der Waals surface area contributed by atoms with E-state index >= 15 is 13.2 Å². The van der Waals surface area contributed by atoms with Gasteiger partial charge in [-0.25, -0.2) is 45.7 Å². The number of alkyl halides is 2. The molecule has 2 aromatic heterocycles. The molecule has 2 saturated heterocycles. The highest BCUT2D eigenvalue weighted by atomic mass is 35.5. The number of nitrogens with one attached hydrogen (secondary N) is 1. The van der Waals surface area contributed by atoms with Gasteiger partial charge in [0.15, 0.2) is 10.3 Å². The Balaban J connectivity index is 0.000000229. The molecule has 10 rings (SSSR count). The number of benzene rings is 2. The predicted octanol–water partition coefficient (Wildman–Crippen LogP) is 14.3. The Bertz CT molecular complexity index is 3540. The Morgan fingerprint density at radius 2 is 1.36 bits per heavy atom. The lowest BCUT2D eigenvalue weighted by Gasteiger charge is -2.37. The van der Waals surface area contributed by atoms with Gasteiger partial charge >= 0.3 is 12.1 Å². The highest BCUT2D eigenvalue weighted by Crippen LogP contribution is 2.68. The zero-order valence-electron chi connectivity index (χ0n) is 51.0. The fraction of sp³-hybridized carbons (Fsp3) is 0.476. The number of hydrogen-bond donors (Lipinski definition) is 3. The average molecular weight is 1310 g/mol. The van der Waals surface area contributed by atoms with E-state index in [0.29, 0.717) is 49.2 Å². The van der Waals surface area contributed by atoms with Gasteiger partial charge in [0, 0.05) is 62.6 Å². The molecule has 0 bridgehead atoms. The van der Waals surface area contributed by atoms with Crippen molar-refractivity contribution in [3.8, 4) is 0 Å². The second-order valence-electron chi connectivity index (χ2n) is 25.3. The minimum absolute atomic E-state index is 0. The van der Waals surface area contributed by atoms with Crippen molar-refractivity contribution in [3.05, 3.63) is 141 Å². The van der Waals surface area contributed by atoms with Crippen molar-refractivity contribution in [1.29, 1.82) is 0 Å². The maximum Gasteiger partial charge on any atom is 0.418 e. The van der Waals surface area contributed by atoms with Crippen LogP contribution in [-0.2, 0) is 30.1 Å². The molecule has 89 heavy (non-hydrogen) atoms. The number of carboxylic acids is 1. The van der Waals surface area contributed by atoms with Crippen molar-refractivity contribution < 1.29 is 55.3 Å². The van der Waals surface area contributed by atoms with Gasteiger partial charge in [-0.2, -0.15) is 0 Å². The summed E-state index contributed by atoms with van der Waals surface area (Å²) in [4.78, 5) is 66.2. The van der Waals surface area contributed by atoms with Crippen molar-refractivity contribution >= 4 is 107 Å². The molecule has 2 amide bonds. The predicted molar refractivity (Wildman–Crippen MR) is 342 cm³/mol. The lowest BCUT2D eigenvalue weighted by molar-refractivity contribution is -0.137. The van der Waals surface area contributed by atoms with Gasteiger partial charge in [-0.1, -0.05) is 67.4 Å². The van der Waals surface area contributed by atoms with Crippen LogP contribution in [0.4, 0.5) is 42.5 Å². The summed E-state index contributed by atoms with van der Waals surface area (Å²) in [7, 11) is -1.44. The van der Waals surface area contributed by atoms with E-state index in [-0.39, 0.29) is 82.0 Å². The highest BCUT2D eigenvalue weighted by Gasteiger charge is 2.73. The monoisotopic (exact) mass is 1310 g/mol. The molecule has 2 aliphatic carbocycles. The van der Waals surface area contributed by atoms with Crippen LogP contribution in [0.2, 0.25) is 25.7 Å². The van der Waals surface area contributed by atoms with Crippen LogP contribution in [0.25, 0.3) is 33.5 Å². The number of nitrogens with two attached hydrogens (primary N) is 1. The lowest BCUT2D eigenvalue weighted by atomic mass is 9.84. The number of rotatable bonds is 13. The summed E-state index contributed by atoms with van der Waals surface area (Å²) in [6, 6.07) is 14.3. The maximum absolute atomic E-state index is 15.6. The number of ether oxygens (including phenoxy) is 2. The first-order chi connectivity index (χ1) is 41.3. The third-order valence-electron chi connectivity index (χ3n) is 16.4. The number of carbonyl (C=O) groups is 3. The molecular weight excluding hydrogens is 1230 g/mol. The summed E-state index contributed by atoms with van der Waals surface area (Å²) in [6.45, 7) is 34.1. The Morgan fingerprint density at radius 1 is 0.831 bits per heavy atom. The zero-order valence-corrected chi connectivity index (χ0v) is 54.5. The molecule has 6 heterocycles. The molecule has 16 nitrogen and oxygen atoms in total. The molecule has 4 aromatic rings. The molecule has 4 aliphatic heterocycles. The summed E-state index contributed by atoms with van der Waals surface area (Å²) in [5.41, 5.74) is 4.31. The van der Waals surface area contributed by atoms with E-state index in [1.165, 1.54) is 102 Å². The van der Waals surface area contributed by atoms with Gasteiger partial charge in [-0.15, -0.1) is 12.4 Å². The number of amidine groups is 2. The summed E-state index contributed by atoms with van der Waals surface area (Å²) in [5.74, 6) is -4.77. The summed E-state index contributed by atoms with van der Waals surface area (Å²) in [6.07, 6.45) is 4.12. The Labute approximate surface area is 530 Å². The van der Waals surface area contributed by atoms with Gasteiger partial charge in [0.25, 0.3) is 0 Å². The summed E-state index contributed by atoms with van der Waals surface area (Å²) in [5, 5.41) is 13.5. The summed E-state index contributed by atoms with van der Waals surface area (Å²) >= 11 is 2.11. The molecule has 4 N–H and O–H groups in total. The topological polar surface area (TPSA) is 194 Å². The van der Waals surface area contributed by atoms with Crippen LogP contribution >= 0.6 is 35.9 Å². The number of thioether (sulfide) groups is 2. The van der Waals surface area contributed by atoms with Crippen LogP contribution in [0, 0.1) is 36.6 Å². The highest BCUT2D eigenvalue weighted by molar-refractivity contribution is 8.16. The van der Waals surface area contributed by atoms with Crippen molar-refractivity contribution in [2.24, 2.45) is 27.6 Å². The number of aliphatic carboxylic acids is 1. The van der Waals surface area contributed by atoms with E-state index in [2.05, 4.69) is 49.6 Å². The van der Waals surface area contributed by atoms with Gasteiger partial charge in [-0.3, -0.25) is 29.5 Å². The molecule has 0 radical (unpaired) electrons. The molecule has 476 valence electrons. The molecule has 26 heteroatoms. The first kappa shape index (κ1) is 69.7. The third kappa shape index (κ3) is 15.5. The molecule has 4 fully saturated rings. The van der Waals surface area contributed by atoms with Crippen molar-refractivity contribution in [2.45, 2.75) is 150 Å². The van der Waals surface area contributed by atoms with Crippen LogP contribution in [-0.4, -0.2) is 127 Å². The molecule has 2 saturated carbocycles. The van der Waals surface area contributed by atoms with Crippen LogP contribution in [0.5, 0.6) is 0 Å². The number of aliphatic imine (C=N–C) groups is 2. The number of aromatic nitrogens is 2. The zero-order chi connectivity index (χ0) is 64.5. The van der Waals surface area contributed by atoms with Crippen LogP contribution in [0.1, 0.15) is 108 Å². The second-order valence-corrected chi connectivity index (χ2v) is 33.5. The van der Waals surface area contributed by atoms with E-state index < -0.39 is 93.9 Å². The SMILES string of the molecule is C[C@H]1NCC[C@H]1F.Cl.[C-]#[N+]c1ccc(/C(F)=C/c2ccc(F)c([C@@]3(C)N=C(N(COCC[Si](C)(C)C)C(=O)OC(C)(C)C)S[C@@]4(C(=O)O)C[C@H]43)c2)nc1.[C-]#[N+]c1ccc(/C(F)=C/c2ccc(F)c([C@@]3(C)N=C(N)S[C@@]4(C(=O)N5CC[C@@H](F)[C@H]5C)C[C@H]43)c2)nc1. The Morgan fingerprint density at radius 3 is 1.79 bits per heavy atom. The van der Waals surface area contributed by atoms with Gasteiger partial charge in [0.05, 0.1) is 41.7 Å². The molecular formula is C63H73ClF6N10O6S2Si. The quantitative estimate of drug-likeness (QED) is 0.0378. The number of likely N-dealkylation sites (tertiary alicyclic amines) is 1. The van der Waals surface area contributed by atoms with Crippen LogP contribution in [0.15, 0.2) is 83.0 Å². The normalized spacial score (nSPS) is 27.6. The fourth-order valence-corrected chi connectivity index (χ4v) is 14.8.